The Hall–Kier alpha value is -2.20. The smallest absolute Gasteiger partial charge is 0.177 e. The number of nitrogens with zero attached hydrogens (tertiary/aromatic N) is 3. The van der Waals surface area contributed by atoms with Gasteiger partial charge in [-0.3, -0.25) is 0 Å². The van der Waals surface area contributed by atoms with E-state index in [9.17, 15) is 0 Å². The molecule has 2 fully saturated rings. The Balaban J connectivity index is 1.41. The molecule has 2 aromatic rings. The van der Waals surface area contributed by atoms with Gasteiger partial charge in [0.2, 0.25) is 0 Å². The van der Waals surface area contributed by atoms with Crippen LogP contribution in [0, 0.1) is 17.3 Å². The van der Waals surface area contributed by atoms with Crippen LogP contribution in [0.1, 0.15) is 44.7 Å². The van der Waals surface area contributed by atoms with E-state index in [2.05, 4.69) is 55.1 Å². The number of rotatable bonds is 6. The average molecular weight is 396 g/mol. The van der Waals surface area contributed by atoms with Crippen LogP contribution in [0.4, 0.5) is 0 Å². The summed E-state index contributed by atoms with van der Waals surface area (Å²) in [6.45, 7) is 8.83. The van der Waals surface area contributed by atoms with Gasteiger partial charge in [-0.05, 0) is 37.0 Å². The van der Waals surface area contributed by atoms with Crippen molar-refractivity contribution in [3.05, 3.63) is 35.5 Å². The first kappa shape index (κ1) is 20.1. The highest BCUT2D eigenvalue weighted by molar-refractivity contribution is 5.64. The van der Waals surface area contributed by atoms with Gasteiger partial charge in [0.25, 0.3) is 0 Å². The number of aromatic nitrogens is 3. The molecule has 2 aliphatic rings. The van der Waals surface area contributed by atoms with Crippen LogP contribution >= 0.6 is 0 Å². The van der Waals surface area contributed by atoms with Gasteiger partial charge < -0.3 is 14.2 Å². The van der Waals surface area contributed by atoms with Crippen molar-refractivity contribution in [2.24, 2.45) is 5.41 Å². The third-order valence-electron chi connectivity index (χ3n) is 5.11. The maximum atomic E-state index is 5.80. The molecule has 2 heterocycles. The van der Waals surface area contributed by atoms with Crippen molar-refractivity contribution in [2.75, 3.05) is 19.8 Å². The summed E-state index contributed by atoms with van der Waals surface area (Å²) in [5, 5.41) is 8.63. The van der Waals surface area contributed by atoms with Gasteiger partial charge in [0.05, 0.1) is 32.1 Å². The summed E-state index contributed by atoms with van der Waals surface area (Å²) in [6.07, 6.45) is 5.37. The van der Waals surface area contributed by atoms with Crippen molar-refractivity contribution in [2.45, 2.75) is 59.0 Å². The molecule has 0 atom stereocenters. The van der Waals surface area contributed by atoms with E-state index in [0.29, 0.717) is 32.5 Å². The largest absolute Gasteiger partial charge is 0.366 e. The predicted octanol–water partition coefficient (Wildman–Crippen LogP) is 3.44. The Morgan fingerprint density at radius 3 is 2.76 bits per heavy atom. The number of aryl methyl sites for hydroxylation is 1. The van der Waals surface area contributed by atoms with Gasteiger partial charge in [0.1, 0.15) is 12.3 Å². The van der Waals surface area contributed by atoms with Crippen LogP contribution in [0.15, 0.2) is 24.4 Å². The van der Waals surface area contributed by atoms with Crippen molar-refractivity contribution in [1.29, 1.82) is 0 Å². The maximum absolute atomic E-state index is 5.80. The van der Waals surface area contributed by atoms with Gasteiger partial charge in [0, 0.05) is 16.5 Å². The third kappa shape index (κ3) is 5.45. The minimum absolute atomic E-state index is 0.0642. The fraction of sp³-hybridized carbons (Fsp3) is 0.565. The summed E-state index contributed by atoms with van der Waals surface area (Å²) in [6, 6.07) is 6.25. The SMILES string of the molecule is CCc1cc(C#CCOC2CC2)ccc1-c1cn(CC2OCC(C)(C)CO2)nn1. The van der Waals surface area contributed by atoms with Crippen LogP contribution in [0.2, 0.25) is 0 Å². The molecule has 1 aromatic carbocycles. The van der Waals surface area contributed by atoms with Crippen molar-refractivity contribution < 1.29 is 14.2 Å². The van der Waals surface area contributed by atoms with Gasteiger partial charge in [-0.2, -0.15) is 0 Å². The van der Waals surface area contributed by atoms with Crippen LogP contribution in [-0.2, 0) is 27.2 Å². The van der Waals surface area contributed by atoms with E-state index < -0.39 is 0 Å². The highest BCUT2D eigenvalue weighted by Gasteiger charge is 2.28. The van der Waals surface area contributed by atoms with Gasteiger partial charge in [0.15, 0.2) is 6.29 Å². The van der Waals surface area contributed by atoms with E-state index in [1.807, 2.05) is 12.3 Å². The summed E-state index contributed by atoms with van der Waals surface area (Å²) in [5.74, 6) is 6.30. The number of benzene rings is 1. The normalized spacial score (nSPS) is 19.0. The fourth-order valence-corrected chi connectivity index (χ4v) is 3.24. The molecule has 0 spiro atoms. The van der Waals surface area contributed by atoms with E-state index in [-0.39, 0.29) is 11.7 Å². The van der Waals surface area contributed by atoms with Crippen molar-refractivity contribution >= 4 is 0 Å². The van der Waals surface area contributed by atoms with Crippen LogP contribution in [0.3, 0.4) is 0 Å². The van der Waals surface area contributed by atoms with E-state index in [1.165, 1.54) is 18.4 Å². The van der Waals surface area contributed by atoms with Crippen LogP contribution in [-0.4, -0.2) is 47.2 Å². The number of ether oxygens (including phenoxy) is 3. The molecule has 4 rings (SSSR count). The molecule has 0 radical (unpaired) electrons. The third-order valence-corrected chi connectivity index (χ3v) is 5.11. The van der Waals surface area contributed by atoms with E-state index in [0.717, 1.165) is 23.2 Å². The summed E-state index contributed by atoms with van der Waals surface area (Å²) >= 11 is 0. The highest BCUT2D eigenvalue weighted by Crippen LogP contribution is 2.26. The molecule has 0 bridgehead atoms. The number of hydrogen-bond acceptors (Lipinski definition) is 5. The fourth-order valence-electron chi connectivity index (χ4n) is 3.24. The minimum atomic E-state index is -0.279. The molecule has 0 N–H and O–H groups in total. The van der Waals surface area contributed by atoms with Crippen molar-refractivity contribution in [1.82, 2.24) is 15.0 Å². The van der Waals surface area contributed by atoms with Gasteiger partial charge in [-0.1, -0.05) is 43.9 Å². The molecule has 0 amide bonds. The lowest BCUT2D eigenvalue weighted by molar-refractivity contribution is -0.227. The predicted molar refractivity (Wildman–Crippen MR) is 110 cm³/mol. The molecule has 1 aromatic heterocycles. The Morgan fingerprint density at radius 2 is 2.03 bits per heavy atom. The van der Waals surface area contributed by atoms with Crippen LogP contribution < -0.4 is 0 Å². The summed E-state index contributed by atoms with van der Waals surface area (Å²) < 4.78 is 19.0. The second kappa shape index (κ2) is 8.66. The van der Waals surface area contributed by atoms with Gasteiger partial charge >= 0.3 is 0 Å². The number of hydrogen-bond donors (Lipinski definition) is 0. The molecule has 154 valence electrons. The van der Waals surface area contributed by atoms with E-state index >= 15 is 0 Å². The van der Waals surface area contributed by atoms with E-state index in [1.54, 1.807) is 4.68 Å². The second-order valence-corrected chi connectivity index (χ2v) is 8.58. The quantitative estimate of drug-likeness (QED) is 0.702. The first-order valence-corrected chi connectivity index (χ1v) is 10.4. The second-order valence-electron chi connectivity index (χ2n) is 8.58. The Kier molecular flexibility index (Phi) is 6.00. The lowest BCUT2D eigenvalue weighted by atomic mass is 9.96. The zero-order chi connectivity index (χ0) is 20.3. The molecular formula is C23H29N3O3. The standard InChI is InChI=1S/C23H29N3O3/c1-4-18-12-17(6-5-11-27-19-8-9-19)7-10-20(18)21-13-26(25-24-21)14-22-28-15-23(2,3)16-29-22/h7,10,12-13,19,22H,4,8-9,11,14-16H2,1-3H3. The Bertz CT molecular complexity index is 896. The maximum Gasteiger partial charge on any atom is 0.177 e. The minimum Gasteiger partial charge on any atom is -0.366 e. The first-order chi connectivity index (χ1) is 14.0. The zero-order valence-corrected chi connectivity index (χ0v) is 17.5. The summed E-state index contributed by atoms with van der Waals surface area (Å²) in [7, 11) is 0. The monoisotopic (exact) mass is 395 g/mol. The Morgan fingerprint density at radius 1 is 1.24 bits per heavy atom. The van der Waals surface area contributed by atoms with E-state index in [4.69, 9.17) is 14.2 Å². The molecule has 0 unspecified atom stereocenters. The molecule has 1 saturated heterocycles. The summed E-state index contributed by atoms with van der Waals surface area (Å²) in [4.78, 5) is 0. The van der Waals surface area contributed by atoms with Crippen molar-refractivity contribution in [3.63, 3.8) is 0 Å². The molecule has 1 aliphatic carbocycles. The molecule has 1 saturated carbocycles. The molecule has 6 heteroatoms. The van der Waals surface area contributed by atoms with Crippen molar-refractivity contribution in [3.8, 4) is 23.1 Å². The zero-order valence-electron chi connectivity index (χ0n) is 17.5. The molecule has 6 nitrogen and oxygen atoms in total. The lowest BCUT2D eigenvalue weighted by Gasteiger charge is -2.34. The van der Waals surface area contributed by atoms with Crippen LogP contribution in [0.5, 0.6) is 0 Å². The van der Waals surface area contributed by atoms with Gasteiger partial charge in [-0.15, -0.1) is 5.10 Å². The topological polar surface area (TPSA) is 58.4 Å². The molecule has 29 heavy (non-hydrogen) atoms. The van der Waals surface area contributed by atoms with Crippen LogP contribution in [0.25, 0.3) is 11.3 Å². The first-order valence-electron chi connectivity index (χ1n) is 10.4. The highest BCUT2D eigenvalue weighted by atomic mass is 16.7. The molecular weight excluding hydrogens is 366 g/mol. The Labute approximate surface area is 172 Å². The average Bonchev–Trinajstić information content (AvgIpc) is 3.43. The molecule has 1 aliphatic heterocycles. The van der Waals surface area contributed by atoms with Gasteiger partial charge in [-0.25, -0.2) is 4.68 Å². The lowest BCUT2D eigenvalue weighted by Crippen LogP contribution is -2.39. The summed E-state index contributed by atoms with van der Waals surface area (Å²) in [5.41, 5.74) is 4.22.